The van der Waals surface area contributed by atoms with Crippen molar-refractivity contribution in [1.29, 1.82) is 0 Å². The molecule has 0 spiro atoms. The first-order valence-corrected chi connectivity index (χ1v) is 6.49. The molecule has 3 rings (SSSR count). The van der Waals surface area contributed by atoms with E-state index in [0.717, 1.165) is 29.9 Å². The van der Waals surface area contributed by atoms with Crippen molar-refractivity contribution < 1.29 is 9.66 Å². The predicted octanol–water partition coefficient (Wildman–Crippen LogP) is 2.25. The molecule has 104 valence electrons. The molecule has 1 aliphatic heterocycles. The van der Waals surface area contributed by atoms with Crippen LogP contribution in [-0.2, 0) is 4.74 Å². The van der Waals surface area contributed by atoms with E-state index in [0.29, 0.717) is 6.61 Å². The highest BCUT2D eigenvalue weighted by Crippen LogP contribution is 2.26. The quantitative estimate of drug-likeness (QED) is 0.664. The molecule has 0 bridgehead atoms. The van der Waals surface area contributed by atoms with Crippen molar-refractivity contribution in [2.24, 2.45) is 0 Å². The van der Waals surface area contributed by atoms with E-state index in [1.54, 1.807) is 12.1 Å². The van der Waals surface area contributed by atoms with Crippen LogP contribution in [0.3, 0.4) is 0 Å². The van der Waals surface area contributed by atoms with Gasteiger partial charge in [0.15, 0.2) is 0 Å². The smallest absolute Gasteiger partial charge is 0.269 e. The number of benzene rings is 1. The zero-order chi connectivity index (χ0) is 13.9. The van der Waals surface area contributed by atoms with E-state index in [2.05, 4.69) is 10.3 Å². The van der Waals surface area contributed by atoms with Gasteiger partial charge >= 0.3 is 0 Å². The number of rotatable bonds is 3. The molecule has 1 fully saturated rings. The van der Waals surface area contributed by atoms with E-state index in [9.17, 15) is 10.1 Å². The number of morpholine rings is 1. The van der Waals surface area contributed by atoms with Gasteiger partial charge in [-0.3, -0.25) is 10.1 Å². The largest absolute Gasteiger partial charge is 0.371 e. The molecule has 6 nitrogen and oxygen atoms in total. The van der Waals surface area contributed by atoms with Crippen LogP contribution in [0.2, 0.25) is 0 Å². The number of non-ortho nitro benzene ring substituents is 1. The molecule has 1 unspecified atom stereocenters. The van der Waals surface area contributed by atoms with Crippen LogP contribution in [0.15, 0.2) is 36.5 Å². The average molecular weight is 273 g/mol. The van der Waals surface area contributed by atoms with E-state index in [4.69, 9.17) is 4.74 Å². The van der Waals surface area contributed by atoms with Gasteiger partial charge in [-0.05, 0) is 23.8 Å². The van der Waals surface area contributed by atoms with Crippen molar-refractivity contribution in [3.63, 3.8) is 0 Å². The summed E-state index contributed by atoms with van der Waals surface area (Å²) in [4.78, 5) is 13.4. The lowest BCUT2D eigenvalue weighted by Crippen LogP contribution is -2.33. The fraction of sp³-hybridized carbons (Fsp3) is 0.286. The number of hydrogen-bond donors (Lipinski definition) is 2. The summed E-state index contributed by atoms with van der Waals surface area (Å²) in [6, 6.07) is 8.53. The molecule has 0 radical (unpaired) electrons. The van der Waals surface area contributed by atoms with Gasteiger partial charge in [-0.25, -0.2) is 0 Å². The normalized spacial score (nSPS) is 18.9. The Hall–Kier alpha value is -2.18. The number of nitrogens with zero attached hydrogens (tertiary/aromatic N) is 1. The molecule has 1 aliphatic rings. The standard InChI is InChI=1S/C14H15N3O3/c18-17(19)12-3-1-10(2-4-12)13-7-11(8-16-13)14-9-15-5-6-20-14/h1-4,7-8,14-16H,5-6,9H2. The summed E-state index contributed by atoms with van der Waals surface area (Å²) >= 11 is 0. The van der Waals surface area contributed by atoms with Crippen LogP contribution in [0.25, 0.3) is 11.3 Å². The van der Waals surface area contributed by atoms with Gasteiger partial charge in [0, 0.05) is 42.7 Å². The van der Waals surface area contributed by atoms with Crippen LogP contribution in [0.4, 0.5) is 5.69 Å². The number of aromatic amines is 1. The highest BCUT2D eigenvalue weighted by Gasteiger charge is 2.17. The van der Waals surface area contributed by atoms with E-state index in [1.165, 1.54) is 12.1 Å². The molecule has 2 aromatic rings. The number of nitro groups is 1. The minimum absolute atomic E-state index is 0.0619. The van der Waals surface area contributed by atoms with E-state index in [1.807, 2.05) is 12.3 Å². The van der Waals surface area contributed by atoms with Gasteiger partial charge in [-0.2, -0.15) is 0 Å². The molecule has 0 aliphatic carbocycles. The molecule has 20 heavy (non-hydrogen) atoms. The lowest BCUT2D eigenvalue weighted by atomic mass is 10.1. The highest BCUT2D eigenvalue weighted by atomic mass is 16.6. The molecule has 2 N–H and O–H groups in total. The van der Waals surface area contributed by atoms with Gasteiger partial charge in [0.1, 0.15) is 0 Å². The molecule has 0 amide bonds. The molecule has 1 aromatic heterocycles. The number of nitrogens with one attached hydrogen (secondary N) is 2. The molecule has 2 heterocycles. The Morgan fingerprint density at radius 1 is 1.30 bits per heavy atom. The van der Waals surface area contributed by atoms with Crippen molar-refractivity contribution in [2.75, 3.05) is 19.7 Å². The molecule has 1 saturated heterocycles. The number of hydrogen-bond acceptors (Lipinski definition) is 4. The summed E-state index contributed by atoms with van der Waals surface area (Å²) in [7, 11) is 0. The van der Waals surface area contributed by atoms with Gasteiger partial charge in [-0.1, -0.05) is 0 Å². The van der Waals surface area contributed by atoms with E-state index < -0.39 is 4.92 Å². The third-order valence-electron chi connectivity index (χ3n) is 3.39. The Kier molecular flexibility index (Phi) is 3.49. The van der Waals surface area contributed by atoms with Crippen molar-refractivity contribution in [3.05, 3.63) is 52.2 Å². The fourth-order valence-electron chi connectivity index (χ4n) is 2.31. The van der Waals surface area contributed by atoms with Crippen LogP contribution in [0.5, 0.6) is 0 Å². The number of ether oxygens (including phenoxy) is 1. The monoisotopic (exact) mass is 273 g/mol. The van der Waals surface area contributed by atoms with Crippen LogP contribution in [0, 0.1) is 10.1 Å². The van der Waals surface area contributed by atoms with E-state index >= 15 is 0 Å². The van der Waals surface area contributed by atoms with Crippen molar-refractivity contribution >= 4 is 5.69 Å². The maximum atomic E-state index is 10.6. The Balaban J connectivity index is 1.80. The summed E-state index contributed by atoms with van der Waals surface area (Å²) in [5, 5.41) is 13.9. The first kappa shape index (κ1) is 12.8. The van der Waals surface area contributed by atoms with Crippen LogP contribution >= 0.6 is 0 Å². The SMILES string of the molecule is O=[N+]([O-])c1ccc(-c2cc(C3CNCCO3)c[nH]2)cc1. The first-order valence-electron chi connectivity index (χ1n) is 6.49. The Labute approximate surface area is 115 Å². The minimum atomic E-state index is -0.397. The summed E-state index contributed by atoms with van der Waals surface area (Å²) < 4.78 is 5.69. The van der Waals surface area contributed by atoms with Crippen LogP contribution in [-0.4, -0.2) is 29.6 Å². The van der Waals surface area contributed by atoms with Crippen molar-refractivity contribution in [2.45, 2.75) is 6.10 Å². The third kappa shape index (κ3) is 2.56. The van der Waals surface area contributed by atoms with Crippen molar-refractivity contribution in [3.8, 4) is 11.3 Å². The summed E-state index contributed by atoms with van der Waals surface area (Å²) in [6.45, 7) is 2.40. The van der Waals surface area contributed by atoms with Gasteiger partial charge in [-0.15, -0.1) is 0 Å². The molecular formula is C14H15N3O3. The molecule has 0 saturated carbocycles. The zero-order valence-electron chi connectivity index (χ0n) is 10.8. The third-order valence-corrected chi connectivity index (χ3v) is 3.39. The average Bonchev–Trinajstić information content (AvgIpc) is 2.98. The Bertz CT molecular complexity index is 600. The van der Waals surface area contributed by atoms with Crippen molar-refractivity contribution in [1.82, 2.24) is 10.3 Å². The second kappa shape index (κ2) is 5.44. The number of aromatic nitrogens is 1. The summed E-state index contributed by atoms with van der Waals surface area (Å²) in [5.41, 5.74) is 3.04. The number of nitro benzene ring substituents is 1. The maximum Gasteiger partial charge on any atom is 0.269 e. The number of H-pyrrole nitrogens is 1. The predicted molar refractivity (Wildman–Crippen MR) is 74.4 cm³/mol. The lowest BCUT2D eigenvalue weighted by Gasteiger charge is -2.22. The van der Waals surface area contributed by atoms with Crippen LogP contribution < -0.4 is 5.32 Å². The zero-order valence-corrected chi connectivity index (χ0v) is 10.8. The minimum Gasteiger partial charge on any atom is -0.371 e. The fourth-order valence-corrected chi connectivity index (χ4v) is 2.31. The molecule has 1 atom stereocenters. The van der Waals surface area contributed by atoms with E-state index in [-0.39, 0.29) is 11.8 Å². The Morgan fingerprint density at radius 3 is 2.75 bits per heavy atom. The van der Waals surface area contributed by atoms with Gasteiger partial charge in [0.05, 0.1) is 17.6 Å². The topological polar surface area (TPSA) is 80.2 Å². The van der Waals surface area contributed by atoms with Gasteiger partial charge < -0.3 is 15.0 Å². The van der Waals surface area contributed by atoms with Gasteiger partial charge in [0.25, 0.3) is 5.69 Å². The molecular weight excluding hydrogens is 258 g/mol. The maximum absolute atomic E-state index is 10.6. The summed E-state index contributed by atoms with van der Waals surface area (Å²) in [6.07, 6.45) is 1.99. The Morgan fingerprint density at radius 2 is 2.10 bits per heavy atom. The van der Waals surface area contributed by atoms with Gasteiger partial charge in [0.2, 0.25) is 0 Å². The summed E-state index contributed by atoms with van der Waals surface area (Å²) in [5.74, 6) is 0. The highest BCUT2D eigenvalue weighted by molar-refractivity contribution is 5.62. The molecule has 6 heteroatoms. The molecule has 1 aromatic carbocycles. The van der Waals surface area contributed by atoms with Crippen LogP contribution in [0.1, 0.15) is 11.7 Å². The lowest BCUT2D eigenvalue weighted by molar-refractivity contribution is -0.384. The second-order valence-corrected chi connectivity index (χ2v) is 4.71. The second-order valence-electron chi connectivity index (χ2n) is 4.71. The first-order chi connectivity index (χ1) is 9.74.